The van der Waals surface area contributed by atoms with Gasteiger partial charge >= 0.3 is 0 Å². The summed E-state index contributed by atoms with van der Waals surface area (Å²) >= 11 is 1.71. The van der Waals surface area contributed by atoms with Crippen LogP contribution in [0.15, 0.2) is 5.51 Å². The minimum absolute atomic E-state index is 0.222. The summed E-state index contributed by atoms with van der Waals surface area (Å²) in [5.41, 5.74) is 3.03. The van der Waals surface area contributed by atoms with Crippen molar-refractivity contribution in [2.24, 2.45) is 5.92 Å². The predicted molar refractivity (Wildman–Crippen MR) is 68.9 cm³/mol. The van der Waals surface area contributed by atoms with E-state index in [-0.39, 0.29) is 12.6 Å². The molecule has 0 bridgehead atoms. The Hall–Kier alpha value is -0.450. The molecule has 1 unspecified atom stereocenters. The van der Waals surface area contributed by atoms with Crippen molar-refractivity contribution in [3.05, 3.63) is 16.1 Å². The molecule has 0 saturated heterocycles. The van der Waals surface area contributed by atoms with Gasteiger partial charge in [0.15, 0.2) is 0 Å². The number of rotatable bonds is 7. The van der Waals surface area contributed by atoms with E-state index >= 15 is 0 Å². The Bertz CT molecular complexity index is 299. The number of hydrogen-bond donors (Lipinski definition) is 2. The average Bonchev–Trinajstić information content (AvgIpc) is 2.62. The maximum absolute atomic E-state index is 9.21. The molecule has 0 spiro atoms. The van der Waals surface area contributed by atoms with Gasteiger partial charge in [0.25, 0.3) is 0 Å². The number of thiazole rings is 1. The van der Waals surface area contributed by atoms with Crippen LogP contribution in [0.3, 0.4) is 0 Å². The van der Waals surface area contributed by atoms with E-state index in [0.717, 1.165) is 25.1 Å². The molecule has 4 heteroatoms. The first-order chi connectivity index (χ1) is 7.63. The highest BCUT2D eigenvalue weighted by molar-refractivity contribution is 7.09. The Kier molecular flexibility index (Phi) is 5.95. The molecule has 1 heterocycles. The smallest absolute Gasteiger partial charge is 0.0797 e. The second-order valence-corrected chi connectivity index (χ2v) is 5.51. The van der Waals surface area contributed by atoms with Crippen LogP contribution in [0.2, 0.25) is 0 Å². The van der Waals surface area contributed by atoms with E-state index in [9.17, 15) is 5.11 Å². The third-order valence-corrected chi connectivity index (χ3v) is 3.60. The minimum Gasteiger partial charge on any atom is -0.395 e. The Morgan fingerprint density at radius 1 is 1.50 bits per heavy atom. The fourth-order valence-electron chi connectivity index (χ4n) is 1.75. The van der Waals surface area contributed by atoms with Gasteiger partial charge in [0.2, 0.25) is 0 Å². The van der Waals surface area contributed by atoms with Gasteiger partial charge in [-0.2, -0.15) is 0 Å². The quantitative estimate of drug-likeness (QED) is 0.768. The molecule has 0 aromatic carbocycles. The van der Waals surface area contributed by atoms with Crippen molar-refractivity contribution in [2.45, 2.75) is 39.7 Å². The number of aliphatic hydroxyl groups excluding tert-OH is 1. The van der Waals surface area contributed by atoms with E-state index in [1.807, 2.05) is 12.4 Å². The topological polar surface area (TPSA) is 45.2 Å². The second kappa shape index (κ2) is 6.99. The molecule has 92 valence electrons. The zero-order valence-electron chi connectivity index (χ0n) is 10.4. The van der Waals surface area contributed by atoms with Crippen molar-refractivity contribution in [3.8, 4) is 0 Å². The van der Waals surface area contributed by atoms with Crippen LogP contribution in [-0.4, -0.2) is 29.3 Å². The third kappa shape index (κ3) is 4.60. The molecular weight excluding hydrogens is 220 g/mol. The molecule has 0 saturated carbocycles. The van der Waals surface area contributed by atoms with Crippen molar-refractivity contribution in [3.63, 3.8) is 0 Å². The summed E-state index contributed by atoms with van der Waals surface area (Å²) in [4.78, 5) is 5.57. The number of aliphatic hydroxyl groups is 1. The lowest BCUT2D eigenvalue weighted by Gasteiger charge is -2.17. The van der Waals surface area contributed by atoms with Gasteiger partial charge in [-0.05, 0) is 25.7 Å². The zero-order valence-corrected chi connectivity index (χ0v) is 11.2. The largest absolute Gasteiger partial charge is 0.395 e. The molecule has 1 aromatic heterocycles. The lowest BCUT2D eigenvalue weighted by atomic mass is 10.0. The lowest BCUT2D eigenvalue weighted by Crippen LogP contribution is -2.35. The van der Waals surface area contributed by atoms with Gasteiger partial charge in [-0.3, -0.25) is 0 Å². The van der Waals surface area contributed by atoms with Crippen molar-refractivity contribution in [2.75, 3.05) is 13.2 Å². The molecule has 0 fully saturated rings. The SMILES string of the molecule is Cc1ncsc1CCNC(CO)CC(C)C. The molecule has 0 aliphatic carbocycles. The van der Waals surface area contributed by atoms with E-state index < -0.39 is 0 Å². The Morgan fingerprint density at radius 3 is 2.75 bits per heavy atom. The number of aromatic nitrogens is 1. The molecule has 0 aliphatic heterocycles. The van der Waals surface area contributed by atoms with Crippen LogP contribution in [0.4, 0.5) is 0 Å². The molecule has 0 radical (unpaired) electrons. The molecule has 0 amide bonds. The first-order valence-corrected chi connectivity index (χ1v) is 6.74. The summed E-state index contributed by atoms with van der Waals surface area (Å²) in [7, 11) is 0. The Morgan fingerprint density at radius 2 is 2.25 bits per heavy atom. The number of aryl methyl sites for hydroxylation is 1. The number of nitrogens with zero attached hydrogens (tertiary/aromatic N) is 1. The summed E-state index contributed by atoms with van der Waals surface area (Å²) in [5, 5.41) is 12.6. The summed E-state index contributed by atoms with van der Waals surface area (Å²) in [6.45, 7) is 7.54. The van der Waals surface area contributed by atoms with Crippen LogP contribution >= 0.6 is 11.3 Å². The monoisotopic (exact) mass is 242 g/mol. The van der Waals surface area contributed by atoms with Crippen molar-refractivity contribution >= 4 is 11.3 Å². The van der Waals surface area contributed by atoms with Gasteiger partial charge in [0.1, 0.15) is 0 Å². The van der Waals surface area contributed by atoms with Crippen LogP contribution in [-0.2, 0) is 6.42 Å². The number of hydrogen-bond acceptors (Lipinski definition) is 4. The summed E-state index contributed by atoms with van der Waals surface area (Å²) < 4.78 is 0. The minimum atomic E-state index is 0.222. The highest BCUT2D eigenvalue weighted by Crippen LogP contribution is 2.12. The highest BCUT2D eigenvalue weighted by Gasteiger charge is 2.09. The first kappa shape index (κ1) is 13.6. The molecule has 0 aliphatic rings. The average molecular weight is 242 g/mol. The van der Waals surface area contributed by atoms with Gasteiger partial charge in [-0.25, -0.2) is 4.98 Å². The fourth-order valence-corrected chi connectivity index (χ4v) is 2.53. The van der Waals surface area contributed by atoms with Crippen LogP contribution in [0, 0.1) is 12.8 Å². The van der Waals surface area contributed by atoms with Crippen LogP contribution in [0.25, 0.3) is 0 Å². The maximum Gasteiger partial charge on any atom is 0.0797 e. The Balaban J connectivity index is 2.26. The van der Waals surface area contributed by atoms with E-state index in [1.165, 1.54) is 4.88 Å². The highest BCUT2D eigenvalue weighted by atomic mass is 32.1. The molecule has 1 aromatic rings. The first-order valence-electron chi connectivity index (χ1n) is 5.86. The van der Waals surface area contributed by atoms with E-state index in [2.05, 4.69) is 24.1 Å². The van der Waals surface area contributed by atoms with Crippen LogP contribution in [0.1, 0.15) is 30.8 Å². The van der Waals surface area contributed by atoms with E-state index in [4.69, 9.17) is 0 Å². The normalized spacial score (nSPS) is 13.3. The predicted octanol–water partition coefficient (Wildman–Crippen LogP) is 1.99. The summed E-state index contributed by atoms with van der Waals surface area (Å²) in [5.74, 6) is 0.620. The molecule has 16 heavy (non-hydrogen) atoms. The Labute approximate surface area is 102 Å². The van der Waals surface area contributed by atoms with Gasteiger partial charge < -0.3 is 10.4 Å². The van der Waals surface area contributed by atoms with Crippen molar-refractivity contribution in [1.29, 1.82) is 0 Å². The standard InChI is InChI=1S/C12H22N2OS/c1-9(2)6-11(7-15)13-5-4-12-10(3)14-8-16-12/h8-9,11,13,15H,4-7H2,1-3H3. The fraction of sp³-hybridized carbons (Fsp3) is 0.750. The van der Waals surface area contributed by atoms with Gasteiger partial charge in [-0.15, -0.1) is 11.3 Å². The van der Waals surface area contributed by atoms with E-state index in [0.29, 0.717) is 5.92 Å². The molecule has 1 atom stereocenters. The second-order valence-electron chi connectivity index (χ2n) is 4.57. The van der Waals surface area contributed by atoms with Crippen molar-refractivity contribution in [1.82, 2.24) is 10.3 Å². The summed E-state index contributed by atoms with van der Waals surface area (Å²) in [6.07, 6.45) is 2.03. The zero-order chi connectivity index (χ0) is 12.0. The van der Waals surface area contributed by atoms with Gasteiger partial charge in [0, 0.05) is 17.5 Å². The molecule has 2 N–H and O–H groups in total. The molecule has 1 rings (SSSR count). The summed E-state index contributed by atoms with van der Waals surface area (Å²) in [6, 6.07) is 0.230. The van der Waals surface area contributed by atoms with Crippen LogP contribution < -0.4 is 5.32 Å². The maximum atomic E-state index is 9.21. The molecular formula is C12H22N2OS. The van der Waals surface area contributed by atoms with Gasteiger partial charge in [-0.1, -0.05) is 13.8 Å². The molecule has 3 nitrogen and oxygen atoms in total. The van der Waals surface area contributed by atoms with Gasteiger partial charge in [0.05, 0.1) is 17.8 Å². The van der Waals surface area contributed by atoms with E-state index in [1.54, 1.807) is 11.3 Å². The van der Waals surface area contributed by atoms with Crippen molar-refractivity contribution < 1.29 is 5.11 Å². The lowest BCUT2D eigenvalue weighted by molar-refractivity contribution is 0.225. The number of nitrogens with one attached hydrogen (secondary N) is 1. The third-order valence-electron chi connectivity index (χ3n) is 2.61. The van der Waals surface area contributed by atoms with Crippen LogP contribution in [0.5, 0.6) is 0 Å².